The highest BCUT2D eigenvalue weighted by atomic mass is 32.1. The van der Waals surface area contributed by atoms with Gasteiger partial charge in [-0.3, -0.25) is 4.79 Å². The molecule has 1 saturated heterocycles. The molecule has 2 aromatic rings. The molecule has 0 radical (unpaired) electrons. The molecule has 0 atom stereocenters. The second-order valence-electron chi connectivity index (χ2n) is 5.71. The predicted molar refractivity (Wildman–Crippen MR) is 91.2 cm³/mol. The van der Waals surface area contributed by atoms with Crippen molar-refractivity contribution in [3.63, 3.8) is 0 Å². The van der Waals surface area contributed by atoms with Crippen molar-refractivity contribution >= 4 is 17.2 Å². The fraction of sp³-hybridized carbons (Fsp3) is 0.389. The first-order valence-electron chi connectivity index (χ1n) is 7.87. The lowest BCUT2D eigenvalue weighted by molar-refractivity contribution is -0.135. The molecule has 0 saturated carbocycles. The quantitative estimate of drug-likeness (QED) is 0.842. The van der Waals surface area contributed by atoms with Crippen LogP contribution < -0.4 is 9.47 Å². The van der Waals surface area contributed by atoms with E-state index >= 15 is 0 Å². The topological polar surface area (TPSA) is 38.8 Å². The van der Waals surface area contributed by atoms with Crippen LogP contribution in [0.3, 0.4) is 0 Å². The third-order valence-corrected chi connectivity index (χ3v) is 4.70. The van der Waals surface area contributed by atoms with Crippen LogP contribution in [0, 0.1) is 6.92 Å². The summed E-state index contributed by atoms with van der Waals surface area (Å²) in [5.74, 6) is 1.75. The normalized spacial score (nSPS) is 15.4. The summed E-state index contributed by atoms with van der Waals surface area (Å²) in [6.45, 7) is 3.53. The number of hydrogen-bond donors (Lipinski definition) is 0. The van der Waals surface area contributed by atoms with Crippen LogP contribution in [0.5, 0.6) is 11.5 Å². The minimum absolute atomic E-state index is 0.0437. The molecular weight excluding hydrogens is 310 g/mol. The Bertz CT molecular complexity index is 633. The first kappa shape index (κ1) is 15.9. The number of carbonyl (C=O) groups is 1. The molecule has 4 nitrogen and oxygen atoms in total. The Morgan fingerprint density at radius 1 is 1.26 bits per heavy atom. The second-order valence-corrected chi connectivity index (χ2v) is 6.49. The van der Waals surface area contributed by atoms with Crippen molar-refractivity contribution in [1.82, 2.24) is 4.90 Å². The van der Waals surface area contributed by atoms with Crippen LogP contribution in [-0.2, 0) is 4.79 Å². The summed E-state index contributed by atoms with van der Waals surface area (Å²) in [5.41, 5.74) is 1.04. The number of thiophene rings is 1. The highest BCUT2D eigenvalue weighted by Crippen LogP contribution is 2.21. The molecule has 1 aliphatic rings. The summed E-state index contributed by atoms with van der Waals surface area (Å²) in [6, 6.07) is 9.73. The van der Waals surface area contributed by atoms with Crippen LogP contribution in [0.25, 0.3) is 0 Å². The number of carbonyl (C=O) groups excluding carboxylic acids is 1. The number of para-hydroxylation sites is 1. The third-order valence-electron chi connectivity index (χ3n) is 4.04. The molecule has 0 aliphatic carbocycles. The van der Waals surface area contributed by atoms with Gasteiger partial charge in [-0.25, -0.2) is 0 Å². The molecule has 5 heteroatoms. The van der Waals surface area contributed by atoms with Gasteiger partial charge in [-0.05, 0) is 30.0 Å². The maximum absolute atomic E-state index is 12.3. The standard InChI is InChI=1S/C18H21NO3S/c1-14-4-2-3-5-17(14)21-12-18(20)19-9-6-15(7-10-19)22-16-8-11-23-13-16/h2-5,8,11,13,15H,6-7,9-10,12H2,1H3. The number of ether oxygens (including phenoxy) is 2. The molecule has 0 spiro atoms. The lowest BCUT2D eigenvalue weighted by Crippen LogP contribution is -2.43. The van der Waals surface area contributed by atoms with E-state index in [4.69, 9.17) is 9.47 Å². The largest absolute Gasteiger partial charge is 0.489 e. The molecule has 122 valence electrons. The van der Waals surface area contributed by atoms with Gasteiger partial charge in [0.15, 0.2) is 6.61 Å². The predicted octanol–water partition coefficient (Wildman–Crippen LogP) is 3.51. The van der Waals surface area contributed by atoms with Crippen molar-refractivity contribution in [1.29, 1.82) is 0 Å². The number of benzene rings is 1. The van der Waals surface area contributed by atoms with E-state index in [0.717, 1.165) is 43.0 Å². The van der Waals surface area contributed by atoms with Gasteiger partial charge in [0.25, 0.3) is 5.91 Å². The third kappa shape index (κ3) is 4.26. The number of rotatable bonds is 5. The number of piperidine rings is 1. The van der Waals surface area contributed by atoms with Crippen LogP contribution in [-0.4, -0.2) is 36.6 Å². The fourth-order valence-electron chi connectivity index (χ4n) is 2.68. The molecule has 1 aromatic carbocycles. The van der Waals surface area contributed by atoms with Gasteiger partial charge in [0.2, 0.25) is 0 Å². The monoisotopic (exact) mass is 331 g/mol. The Kier molecular flexibility index (Phi) is 5.18. The zero-order valence-electron chi connectivity index (χ0n) is 13.2. The number of aryl methyl sites for hydroxylation is 1. The lowest BCUT2D eigenvalue weighted by atomic mass is 10.1. The van der Waals surface area contributed by atoms with Gasteiger partial charge in [0.1, 0.15) is 17.6 Å². The molecular formula is C18H21NO3S. The maximum Gasteiger partial charge on any atom is 0.260 e. The first-order valence-corrected chi connectivity index (χ1v) is 8.82. The zero-order valence-corrected chi connectivity index (χ0v) is 14.1. The van der Waals surface area contributed by atoms with E-state index in [0.29, 0.717) is 0 Å². The molecule has 23 heavy (non-hydrogen) atoms. The van der Waals surface area contributed by atoms with Gasteiger partial charge < -0.3 is 14.4 Å². The van der Waals surface area contributed by atoms with Crippen molar-refractivity contribution in [3.8, 4) is 11.5 Å². The Morgan fingerprint density at radius 2 is 2.04 bits per heavy atom. The smallest absolute Gasteiger partial charge is 0.260 e. The molecule has 0 unspecified atom stereocenters. The molecule has 0 N–H and O–H groups in total. The van der Waals surface area contributed by atoms with Crippen LogP contribution in [0.15, 0.2) is 41.1 Å². The van der Waals surface area contributed by atoms with Gasteiger partial charge in [-0.15, -0.1) is 11.3 Å². The van der Waals surface area contributed by atoms with Gasteiger partial charge in [0, 0.05) is 31.3 Å². The highest BCUT2D eigenvalue weighted by Gasteiger charge is 2.24. The molecule has 1 fully saturated rings. The number of hydrogen-bond acceptors (Lipinski definition) is 4. The Balaban J connectivity index is 1.44. The molecule has 0 bridgehead atoms. The molecule has 1 aromatic heterocycles. The van der Waals surface area contributed by atoms with Crippen molar-refractivity contribution in [2.24, 2.45) is 0 Å². The molecule has 3 rings (SSSR count). The number of amides is 1. The van der Waals surface area contributed by atoms with Crippen LogP contribution >= 0.6 is 11.3 Å². The molecule has 2 heterocycles. The zero-order chi connectivity index (χ0) is 16.1. The van der Waals surface area contributed by atoms with E-state index < -0.39 is 0 Å². The summed E-state index contributed by atoms with van der Waals surface area (Å²) < 4.78 is 11.6. The number of nitrogens with zero attached hydrogens (tertiary/aromatic N) is 1. The van der Waals surface area contributed by atoms with E-state index in [1.165, 1.54) is 0 Å². The minimum atomic E-state index is 0.0437. The van der Waals surface area contributed by atoms with Crippen molar-refractivity contribution in [2.45, 2.75) is 25.9 Å². The van der Waals surface area contributed by atoms with Crippen LogP contribution in [0.4, 0.5) is 0 Å². The highest BCUT2D eigenvalue weighted by molar-refractivity contribution is 7.08. The molecule has 1 amide bonds. The summed E-state index contributed by atoms with van der Waals surface area (Å²) >= 11 is 1.63. The van der Waals surface area contributed by atoms with Crippen LogP contribution in [0.1, 0.15) is 18.4 Å². The van der Waals surface area contributed by atoms with Crippen molar-refractivity contribution in [2.75, 3.05) is 19.7 Å². The Hall–Kier alpha value is -2.01. The number of likely N-dealkylation sites (tertiary alicyclic amines) is 1. The van der Waals surface area contributed by atoms with Crippen LogP contribution in [0.2, 0.25) is 0 Å². The Labute approximate surface area is 140 Å². The summed E-state index contributed by atoms with van der Waals surface area (Å²) in [5, 5.41) is 4.02. The summed E-state index contributed by atoms with van der Waals surface area (Å²) in [6.07, 6.45) is 1.93. The van der Waals surface area contributed by atoms with E-state index in [1.54, 1.807) is 11.3 Å². The van der Waals surface area contributed by atoms with Crippen molar-refractivity contribution in [3.05, 3.63) is 46.7 Å². The SMILES string of the molecule is Cc1ccccc1OCC(=O)N1CCC(Oc2ccsc2)CC1. The summed E-state index contributed by atoms with van der Waals surface area (Å²) in [7, 11) is 0. The lowest BCUT2D eigenvalue weighted by Gasteiger charge is -2.32. The van der Waals surface area contributed by atoms with Gasteiger partial charge in [0.05, 0.1) is 0 Å². The maximum atomic E-state index is 12.3. The average Bonchev–Trinajstić information content (AvgIpc) is 3.07. The van der Waals surface area contributed by atoms with E-state index in [-0.39, 0.29) is 18.6 Å². The van der Waals surface area contributed by atoms with E-state index in [1.807, 2.05) is 52.9 Å². The van der Waals surface area contributed by atoms with Gasteiger partial charge >= 0.3 is 0 Å². The summed E-state index contributed by atoms with van der Waals surface area (Å²) in [4.78, 5) is 14.1. The minimum Gasteiger partial charge on any atom is -0.489 e. The van der Waals surface area contributed by atoms with E-state index in [9.17, 15) is 4.79 Å². The Morgan fingerprint density at radius 3 is 2.74 bits per heavy atom. The van der Waals surface area contributed by atoms with Gasteiger partial charge in [-0.2, -0.15) is 0 Å². The molecule has 1 aliphatic heterocycles. The average molecular weight is 331 g/mol. The fourth-order valence-corrected chi connectivity index (χ4v) is 3.24. The first-order chi connectivity index (χ1) is 11.2. The van der Waals surface area contributed by atoms with Gasteiger partial charge in [-0.1, -0.05) is 18.2 Å². The second kappa shape index (κ2) is 7.51. The van der Waals surface area contributed by atoms with E-state index in [2.05, 4.69) is 0 Å². The van der Waals surface area contributed by atoms with Crippen molar-refractivity contribution < 1.29 is 14.3 Å².